The highest BCUT2D eigenvalue weighted by Crippen LogP contribution is 2.60. The maximum atomic E-state index is 11.8. The Hall–Kier alpha value is -1.90. The zero-order valence-electron chi connectivity index (χ0n) is 22.0. The Morgan fingerprint density at radius 3 is 2.41 bits per heavy atom. The Kier molecular flexibility index (Phi) is 10.6. The average molecular weight is 481 g/mol. The van der Waals surface area contributed by atoms with Gasteiger partial charge in [0.15, 0.2) is 0 Å². The summed E-state index contributed by atoms with van der Waals surface area (Å²) in [5.41, 5.74) is 2.11. The first kappa shape index (κ1) is 28.3. The quantitative estimate of drug-likeness (QED) is 0.175. The summed E-state index contributed by atoms with van der Waals surface area (Å²) < 4.78 is 12.9. The fraction of sp³-hybridized carbons (Fsp3) is 0.533. The van der Waals surface area contributed by atoms with Crippen molar-refractivity contribution in [3.05, 3.63) is 72.4 Å². The van der Waals surface area contributed by atoms with Crippen LogP contribution in [-0.2, 0) is 15.3 Å². The minimum atomic E-state index is -2.54. The molecule has 1 aromatic carbocycles. The first-order valence-electron chi connectivity index (χ1n) is 12.7. The van der Waals surface area contributed by atoms with Gasteiger partial charge < -0.3 is 14.0 Å². The van der Waals surface area contributed by atoms with Gasteiger partial charge in [0.05, 0.1) is 6.61 Å². The lowest BCUT2D eigenvalue weighted by atomic mass is 9.77. The van der Waals surface area contributed by atoms with Gasteiger partial charge in [0.25, 0.3) is 0 Å². The van der Waals surface area contributed by atoms with E-state index >= 15 is 0 Å². The Bertz CT molecular complexity index is 896. The van der Waals surface area contributed by atoms with Gasteiger partial charge in [0, 0.05) is 11.8 Å². The average Bonchev–Trinajstić information content (AvgIpc) is 3.64. The smallest absolute Gasteiger partial charge is 0.338 e. The van der Waals surface area contributed by atoms with Crippen LogP contribution < -0.4 is 0 Å². The summed E-state index contributed by atoms with van der Waals surface area (Å²) in [4.78, 5) is 0. The van der Waals surface area contributed by atoms with Crippen molar-refractivity contribution in [3.63, 3.8) is 0 Å². The highest BCUT2D eigenvalue weighted by molar-refractivity contribution is 6.67. The standard InChI is InChI=1S/C30H44O3Si/c1-8-24-32-34(9-2,10-3)33-28(29(7,31)30(22-23-30)25(4)5)21-15-17-26(6)16-14-20-27-18-12-11-13-19-27/h8,11-13,16,18-19,28,31H,1,4,9-10,14,17,20,22-24H2,2-3,5-7H3/b26-16+/t28-,29-/m0/s1. The molecule has 1 aromatic rings. The van der Waals surface area contributed by atoms with E-state index in [0.29, 0.717) is 13.0 Å². The van der Waals surface area contributed by atoms with Gasteiger partial charge in [-0.15, -0.1) is 6.58 Å². The summed E-state index contributed by atoms with van der Waals surface area (Å²) in [6.45, 7) is 18.6. The van der Waals surface area contributed by atoms with Crippen molar-refractivity contribution in [1.82, 2.24) is 0 Å². The number of allylic oxidation sites excluding steroid dienone is 2. The van der Waals surface area contributed by atoms with Gasteiger partial charge >= 0.3 is 8.56 Å². The molecule has 0 bridgehead atoms. The monoisotopic (exact) mass is 480 g/mol. The second-order valence-electron chi connectivity index (χ2n) is 9.80. The molecule has 1 N–H and O–H groups in total. The van der Waals surface area contributed by atoms with Crippen molar-refractivity contribution in [1.29, 1.82) is 0 Å². The van der Waals surface area contributed by atoms with Gasteiger partial charge in [0.2, 0.25) is 0 Å². The first-order chi connectivity index (χ1) is 16.2. The number of aryl methyl sites for hydroxylation is 1. The molecule has 2 atom stereocenters. The molecule has 1 saturated carbocycles. The molecule has 0 aromatic heterocycles. The summed E-state index contributed by atoms with van der Waals surface area (Å²) in [7, 11) is -2.54. The van der Waals surface area contributed by atoms with E-state index in [1.165, 1.54) is 11.1 Å². The second kappa shape index (κ2) is 12.7. The molecule has 2 rings (SSSR count). The van der Waals surface area contributed by atoms with Crippen LogP contribution in [0.1, 0.15) is 65.9 Å². The number of rotatable bonds is 14. The predicted molar refractivity (Wildman–Crippen MR) is 146 cm³/mol. The third-order valence-corrected chi connectivity index (χ3v) is 10.8. The summed E-state index contributed by atoms with van der Waals surface area (Å²) in [6.07, 6.45) is 7.89. The minimum Gasteiger partial charge on any atom is -0.390 e. The van der Waals surface area contributed by atoms with Crippen molar-refractivity contribution < 1.29 is 14.0 Å². The van der Waals surface area contributed by atoms with Crippen LogP contribution in [0.2, 0.25) is 12.1 Å². The molecule has 0 unspecified atom stereocenters. The fourth-order valence-corrected chi connectivity index (χ4v) is 7.04. The Morgan fingerprint density at radius 2 is 1.88 bits per heavy atom. The highest BCUT2D eigenvalue weighted by Gasteiger charge is 2.61. The van der Waals surface area contributed by atoms with Gasteiger partial charge in [-0.05, 0) is 64.1 Å². The number of hydrogen-bond donors (Lipinski definition) is 1. The lowest BCUT2D eigenvalue weighted by Crippen LogP contribution is -2.55. The van der Waals surface area contributed by atoms with Gasteiger partial charge in [0.1, 0.15) is 11.7 Å². The molecule has 1 aliphatic rings. The van der Waals surface area contributed by atoms with E-state index in [2.05, 4.69) is 76.1 Å². The van der Waals surface area contributed by atoms with E-state index in [0.717, 1.165) is 43.3 Å². The minimum absolute atomic E-state index is 0.340. The van der Waals surface area contributed by atoms with E-state index in [9.17, 15) is 5.11 Å². The molecule has 0 spiro atoms. The molecule has 0 amide bonds. The Morgan fingerprint density at radius 1 is 1.24 bits per heavy atom. The Balaban J connectivity index is 2.20. The van der Waals surface area contributed by atoms with E-state index in [1.54, 1.807) is 6.08 Å². The largest absolute Gasteiger partial charge is 0.390 e. The number of hydrogen-bond acceptors (Lipinski definition) is 3. The first-order valence-corrected chi connectivity index (χ1v) is 14.9. The third kappa shape index (κ3) is 7.06. The molecule has 1 fully saturated rings. The van der Waals surface area contributed by atoms with Crippen molar-refractivity contribution in [3.8, 4) is 11.8 Å². The van der Waals surface area contributed by atoms with E-state index < -0.39 is 20.3 Å². The van der Waals surface area contributed by atoms with Gasteiger partial charge in [-0.25, -0.2) is 0 Å². The molecule has 34 heavy (non-hydrogen) atoms. The van der Waals surface area contributed by atoms with Gasteiger partial charge in [-0.3, -0.25) is 0 Å². The van der Waals surface area contributed by atoms with Crippen molar-refractivity contribution in [2.75, 3.05) is 6.61 Å². The molecule has 0 heterocycles. The van der Waals surface area contributed by atoms with Crippen LogP contribution in [0.4, 0.5) is 0 Å². The maximum Gasteiger partial charge on any atom is 0.338 e. The van der Waals surface area contributed by atoms with E-state index in [1.807, 2.05) is 19.9 Å². The molecular formula is C30H44O3Si. The number of aliphatic hydroxyl groups is 1. The molecule has 4 heteroatoms. The molecular weight excluding hydrogens is 436 g/mol. The predicted octanol–water partition coefficient (Wildman–Crippen LogP) is 7.14. The van der Waals surface area contributed by atoms with Crippen LogP contribution >= 0.6 is 0 Å². The third-order valence-electron chi connectivity index (χ3n) is 7.29. The second-order valence-corrected chi connectivity index (χ2v) is 13.6. The zero-order valence-corrected chi connectivity index (χ0v) is 23.0. The molecule has 186 valence electrons. The van der Waals surface area contributed by atoms with Crippen LogP contribution in [0.3, 0.4) is 0 Å². The van der Waals surface area contributed by atoms with Gasteiger partial charge in [-0.2, -0.15) is 0 Å². The number of benzene rings is 1. The van der Waals surface area contributed by atoms with Crippen molar-refractivity contribution in [2.24, 2.45) is 5.41 Å². The normalized spacial score (nSPS) is 17.8. The summed E-state index contributed by atoms with van der Waals surface area (Å²) in [5.74, 6) is 6.64. The van der Waals surface area contributed by atoms with E-state index in [-0.39, 0.29) is 5.41 Å². The van der Waals surface area contributed by atoms with Gasteiger partial charge in [-0.1, -0.05) is 85.9 Å². The van der Waals surface area contributed by atoms with E-state index in [4.69, 9.17) is 8.85 Å². The molecule has 0 radical (unpaired) electrons. The van der Waals surface area contributed by atoms with Crippen LogP contribution in [0.5, 0.6) is 0 Å². The summed E-state index contributed by atoms with van der Waals surface area (Å²) in [6, 6.07) is 12.1. The van der Waals surface area contributed by atoms with Crippen LogP contribution in [0, 0.1) is 17.3 Å². The van der Waals surface area contributed by atoms with Crippen LogP contribution in [0.25, 0.3) is 0 Å². The molecule has 1 aliphatic carbocycles. The zero-order chi connectivity index (χ0) is 25.2. The lowest BCUT2D eigenvalue weighted by Gasteiger charge is -2.42. The molecule has 0 saturated heterocycles. The summed E-state index contributed by atoms with van der Waals surface area (Å²) >= 11 is 0. The highest BCUT2D eigenvalue weighted by atomic mass is 28.4. The SMILES string of the molecule is C=CCO[Si](CC)(CC)O[C@@H](C#CC/C(C)=C/CCc1ccccc1)[C@](C)(O)C1(C(=C)C)CC1. The van der Waals surface area contributed by atoms with Crippen LogP contribution in [-0.4, -0.2) is 32.0 Å². The Labute approximate surface area is 209 Å². The fourth-order valence-electron chi connectivity index (χ4n) is 4.59. The van der Waals surface area contributed by atoms with Crippen LogP contribution in [0.15, 0.2) is 66.8 Å². The lowest BCUT2D eigenvalue weighted by molar-refractivity contribution is -0.0774. The maximum absolute atomic E-state index is 11.8. The summed E-state index contributed by atoms with van der Waals surface area (Å²) in [5, 5.41) is 11.8. The molecule has 3 nitrogen and oxygen atoms in total. The molecule has 0 aliphatic heterocycles. The topological polar surface area (TPSA) is 38.7 Å². The van der Waals surface area contributed by atoms with Crippen molar-refractivity contribution in [2.45, 2.75) is 90.5 Å². The van der Waals surface area contributed by atoms with Crippen molar-refractivity contribution >= 4 is 8.56 Å².